The molecule has 6 heteroatoms. The van der Waals surface area contributed by atoms with Gasteiger partial charge in [0, 0.05) is 36.1 Å². The van der Waals surface area contributed by atoms with Crippen molar-refractivity contribution in [3.05, 3.63) is 24.0 Å². The molecular formula is C16H20N6. The van der Waals surface area contributed by atoms with Gasteiger partial charge in [0.15, 0.2) is 0 Å². The van der Waals surface area contributed by atoms with E-state index >= 15 is 0 Å². The lowest BCUT2D eigenvalue weighted by Crippen LogP contribution is -2.38. The molecule has 0 bridgehead atoms. The van der Waals surface area contributed by atoms with E-state index in [0.717, 1.165) is 48.5 Å². The number of nitrogens with one attached hydrogen (secondary N) is 3. The van der Waals surface area contributed by atoms with E-state index in [4.69, 9.17) is 5.26 Å². The maximum Gasteiger partial charge on any atom is 0.143 e. The third kappa shape index (κ3) is 3.10. The number of piperidine rings is 1. The lowest BCUT2D eigenvalue weighted by Gasteiger charge is -2.24. The Morgan fingerprint density at radius 2 is 2.36 bits per heavy atom. The molecule has 114 valence electrons. The molecule has 1 aliphatic rings. The second kappa shape index (κ2) is 6.58. The first-order valence-corrected chi connectivity index (χ1v) is 7.72. The third-order valence-electron chi connectivity index (χ3n) is 3.82. The molecule has 0 amide bonds. The number of fused-ring (bicyclic) bond motifs is 1. The van der Waals surface area contributed by atoms with Gasteiger partial charge in [-0.15, -0.1) is 0 Å². The summed E-state index contributed by atoms with van der Waals surface area (Å²) in [6, 6.07) is 6.29. The van der Waals surface area contributed by atoms with E-state index in [2.05, 4.69) is 32.0 Å². The molecular weight excluding hydrogens is 276 g/mol. The van der Waals surface area contributed by atoms with Crippen LogP contribution < -0.4 is 16.0 Å². The molecule has 0 spiro atoms. The number of pyridine rings is 2. The molecule has 22 heavy (non-hydrogen) atoms. The standard InChI is InChI=1S/C16H20N6/c1-2-19-16-14-7-15(21-12-4-3-5-18-10-12)20-9-11(14)6-13(8-17)22-16/h6-7,9,12,18H,2-5,10H2,1H3,(H,19,22)(H,20,21). The van der Waals surface area contributed by atoms with E-state index in [1.54, 1.807) is 12.3 Å². The van der Waals surface area contributed by atoms with Gasteiger partial charge in [-0.2, -0.15) is 5.26 Å². The van der Waals surface area contributed by atoms with Crippen LogP contribution in [0.2, 0.25) is 0 Å². The van der Waals surface area contributed by atoms with Crippen molar-refractivity contribution in [1.29, 1.82) is 5.26 Å². The van der Waals surface area contributed by atoms with Crippen molar-refractivity contribution in [2.24, 2.45) is 0 Å². The van der Waals surface area contributed by atoms with Crippen molar-refractivity contribution >= 4 is 22.4 Å². The molecule has 2 aromatic rings. The average molecular weight is 296 g/mol. The summed E-state index contributed by atoms with van der Waals surface area (Å²) in [5, 5.41) is 21.1. The summed E-state index contributed by atoms with van der Waals surface area (Å²) in [6.45, 7) is 4.83. The first-order valence-electron chi connectivity index (χ1n) is 7.72. The van der Waals surface area contributed by atoms with Gasteiger partial charge in [-0.3, -0.25) is 0 Å². The van der Waals surface area contributed by atoms with Gasteiger partial charge in [-0.1, -0.05) is 0 Å². The van der Waals surface area contributed by atoms with Crippen LogP contribution in [0.15, 0.2) is 18.3 Å². The van der Waals surface area contributed by atoms with Gasteiger partial charge in [0.25, 0.3) is 0 Å². The molecule has 1 aliphatic heterocycles. The monoisotopic (exact) mass is 296 g/mol. The summed E-state index contributed by atoms with van der Waals surface area (Å²) in [4.78, 5) is 8.83. The van der Waals surface area contributed by atoms with E-state index in [1.807, 2.05) is 13.0 Å². The molecule has 3 rings (SSSR count). The zero-order valence-electron chi connectivity index (χ0n) is 12.7. The molecule has 0 saturated carbocycles. The molecule has 1 saturated heterocycles. The van der Waals surface area contributed by atoms with Crippen LogP contribution in [0.25, 0.3) is 10.8 Å². The van der Waals surface area contributed by atoms with E-state index < -0.39 is 0 Å². The first kappa shape index (κ1) is 14.5. The van der Waals surface area contributed by atoms with Crippen LogP contribution in [0.4, 0.5) is 11.6 Å². The number of hydrogen-bond acceptors (Lipinski definition) is 6. The number of nitriles is 1. The van der Waals surface area contributed by atoms with Crippen molar-refractivity contribution in [3.8, 4) is 6.07 Å². The van der Waals surface area contributed by atoms with Gasteiger partial charge >= 0.3 is 0 Å². The fourth-order valence-electron chi connectivity index (χ4n) is 2.77. The predicted octanol–water partition coefficient (Wildman–Crippen LogP) is 2.10. The maximum absolute atomic E-state index is 9.08. The molecule has 0 aromatic carbocycles. The number of anilines is 2. The topological polar surface area (TPSA) is 85.7 Å². The third-order valence-corrected chi connectivity index (χ3v) is 3.82. The van der Waals surface area contributed by atoms with E-state index in [9.17, 15) is 0 Å². The molecule has 0 aliphatic carbocycles. The Morgan fingerprint density at radius 1 is 1.45 bits per heavy atom. The number of aromatic nitrogens is 2. The van der Waals surface area contributed by atoms with E-state index in [-0.39, 0.29) is 0 Å². The minimum absolute atomic E-state index is 0.405. The zero-order valence-corrected chi connectivity index (χ0v) is 12.7. The zero-order chi connectivity index (χ0) is 15.4. The maximum atomic E-state index is 9.08. The van der Waals surface area contributed by atoms with Gasteiger partial charge in [0.2, 0.25) is 0 Å². The molecule has 6 nitrogen and oxygen atoms in total. The van der Waals surface area contributed by atoms with Crippen LogP contribution in [0.1, 0.15) is 25.5 Å². The van der Waals surface area contributed by atoms with Crippen LogP contribution in [0.5, 0.6) is 0 Å². The van der Waals surface area contributed by atoms with Gasteiger partial charge in [-0.05, 0) is 38.4 Å². The molecule has 3 N–H and O–H groups in total. The Bertz CT molecular complexity index is 700. The largest absolute Gasteiger partial charge is 0.370 e. The second-order valence-corrected chi connectivity index (χ2v) is 5.48. The van der Waals surface area contributed by atoms with Crippen LogP contribution in [0, 0.1) is 11.3 Å². The molecule has 3 heterocycles. The van der Waals surface area contributed by atoms with Crippen molar-refractivity contribution in [2.75, 3.05) is 30.3 Å². The summed E-state index contributed by atoms with van der Waals surface area (Å²) in [5.41, 5.74) is 0.405. The fraction of sp³-hybridized carbons (Fsp3) is 0.438. The molecule has 0 radical (unpaired) electrons. The summed E-state index contributed by atoms with van der Waals surface area (Å²) >= 11 is 0. The quantitative estimate of drug-likeness (QED) is 0.801. The Balaban J connectivity index is 1.93. The first-order chi connectivity index (χ1) is 10.8. The average Bonchev–Trinajstić information content (AvgIpc) is 2.56. The summed E-state index contributed by atoms with van der Waals surface area (Å²) in [5.74, 6) is 1.59. The fourth-order valence-corrected chi connectivity index (χ4v) is 2.77. The highest BCUT2D eigenvalue weighted by Crippen LogP contribution is 2.25. The number of hydrogen-bond donors (Lipinski definition) is 3. The Morgan fingerprint density at radius 3 is 3.09 bits per heavy atom. The van der Waals surface area contributed by atoms with E-state index in [1.165, 1.54) is 6.42 Å². The normalized spacial score (nSPS) is 17.9. The predicted molar refractivity (Wildman–Crippen MR) is 87.9 cm³/mol. The van der Waals surface area contributed by atoms with Crippen LogP contribution in [-0.2, 0) is 0 Å². The van der Waals surface area contributed by atoms with Crippen LogP contribution >= 0.6 is 0 Å². The number of nitrogens with zero attached hydrogens (tertiary/aromatic N) is 3. The van der Waals surface area contributed by atoms with E-state index in [0.29, 0.717) is 11.7 Å². The van der Waals surface area contributed by atoms with Gasteiger partial charge in [0.1, 0.15) is 23.4 Å². The Labute approximate surface area is 130 Å². The van der Waals surface area contributed by atoms with Gasteiger partial charge in [-0.25, -0.2) is 9.97 Å². The van der Waals surface area contributed by atoms with Gasteiger partial charge in [0.05, 0.1) is 0 Å². The SMILES string of the molecule is CCNc1nc(C#N)cc2cnc(NC3CCCNC3)cc12. The lowest BCUT2D eigenvalue weighted by atomic mass is 10.1. The number of rotatable bonds is 4. The molecule has 2 aromatic heterocycles. The van der Waals surface area contributed by atoms with Gasteiger partial charge < -0.3 is 16.0 Å². The van der Waals surface area contributed by atoms with Crippen molar-refractivity contribution in [1.82, 2.24) is 15.3 Å². The van der Waals surface area contributed by atoms with Crippen molar-refractivity contribution in [3.63, 3.8) is 0 Å². The minimum atomic E-state index is 0.405. The van der Waals surface area contributed by atoms with Crippen molar-refractivity contribution in [2.45, 2.75) is 25.8 Å². The van der Waals surface area contributed by atoms with Crippen LogP contribution in [-0.4, -0.2) is 35.6 Å². The highest BCUT2D eigenvalue weighted by Gasteiger charge is 2.14. The highest BCUT2D eigenvalue weighted by molar-refractivity contribution is 5.93. The summed E-state index contributed by atoms with van der Waals surface area (Å²) in [6.07, 6.45) is 4.14. The highest BCUT2D eigenvalue weighted by atomic mass is 15.1. The van der Waals surface area contributed by atoms with Crippen LogP contribution in [0.3, 0.4) is 0 Å². The van der Waals surface area contributed by atoms with Crippen molar-refractivity contribution < 1.29 is 0 Å². The summed E-state index contributed by atoms with van der Waals surface area (Å²) < 4.78 is 0. The second-order valence-electron chi connectivity index (χ2n) is 5.48. The molecule has 1 fully saturated rings. The molecule has 1 unspecified atom stereocenters. The molecule has 1 atom stereocenters. The Kier molecular flexibility index (Phi) is 4.35. The Hall–Kier alpha value is -2.39. The smallest absolute Gasteiger partial charge is 0.143 e. The lowest BCUT2D eigenvalue weighted by molar-refractivity contribution is 0.479. The minimum Gasteiger partial charge on any atom is -0.370 e. The summed E-state index contributed by atoms with van der Waals surface area (Å²) in [7, 11) is 0.